The largest absolute Gasteiger partial charge is 0.496 e. The lowest BCUT2D eigenvalue weighted by Gasteiger charge is -2.21. The van der Waals surface area contributed by atoms with Gasteiger partial charge in [0.2, 0.25) is 0 Å². The van der Waals surface area contributed by atoms with Gasteiger partial charge in [0.15, 0.2) is 0 Å². The Morgan fingerprint density at radius 1 is 1.05 bits per heavy atom. The fraction of sp³-hybridized carbons (Fsp3) is 0.667. The number of hydrogen-bond donors (Lipinski definition) is 1. The van der Waals surface area contributed by atoms with Crippen molar-refractivity contribution in [2.75, 3.05) is 26.9 Å². The number of ether oxygens (including phenoxy) is 2. The minimum absolute atomic E-state index is 0.201. The Morgan fingerprint density at radius 3 is 2.57 bits per heavy atom. The molecule has 0 aliphatic carbocycles. The lowest BCUT2D eigenvalue weighted by atomic mass is 10.1. The number of rotatable bonds is 12. The summed E-state index contributed by atoms with van der Waals surface area (Å²) in [6.45, 7) is 6.94. The van der Waals surface area contributed by atoms with E-state index in [1.54, 1.807) is 7.11 Å². The van der Waals surface area contributed by atoms with E-state index in [9.17, 15) is 0 Å². The summed E-state index contributed by atoms with van der Waals surface area (Å²) in [6, 6.07) is 8.39. The van der Waals surface area contributed by atoms with Crippen LogP contribution < -0.4 is 10.1 Å². The highest BCUT2D eigenvalue weighted by molar-refractivity contribution is 5.35. The summed E-state index contributed by atoms with van der Waals surface area (Å²) in [4.78, 5) is 0. The number of benzene rings is 1. The van der Waals surface area contributed by atoms with Crippen LogP contribution in [-0.4, -0.2) is 26.9 Å². The van der Waals surface area contributed by atoms with Crippen molar-refractivity contribution in [1.29, 1.82) is 0 Å². The fourth-order valence-electron chi connectivity index (χ4n) is 2.36. The SMILES string of the molecule is CCCCCCOCC(NCCC)c1ccccc1OC. The van der Waals surface area contributed by atoms with Gasteiger partial charge < -0.3 is 14.8 Å². The standard InChI is InChI=1S/C18H31NO2/c1-4-6-7-10-14-21-15-17(19-13-5-2)16-11-8-9-12-18(16)20-3/h8-9,11-12,17,19H,4-7,10,13-15H2,1-3H3. The van der Waals surface area contributed by atoms with E-state index < -0.39 is 0 Å². The Balaban J connectivity index is 2.51. The summed E-state index contributed by atoms with van der Waals surface area (Å²) < 4.78 is 11.3. The smallest absolute Gasteiger partial charge is 0.123 e. The van der Waals surface area contributed by atoms with Gasteiger partial charge in [-0.05, 0) is 25.5 Å². The van der Waals surface area contributed by atoms with Crippen LogP contribution >= 0.6 is 0 Å². The normalized spacial score (nSPS) is 12.3. The first kappa shape index (κ1) is 18.0. The fourth-order valence-corrected chi connectivity index (χ4v) is 2.36. The van der Waals surface area contributed by atoms with Crippen molar-refractivity contribution in [3.05, 3.63) is 29.8 Å². The van der Waals surface area contributed by atoms with Crippen LogP contribution in [0, 0.1) is 0 Å². The predicted octanol–water partition coefficient (Wildman–Crippen LogP) is 4.33. The second-order valence-corrected chi connectivity index (χ2v) is 5.38. The van der Waals surface area contributed by atoms with E-state index in [1.807, 2.05) is 12.1 Å². The van der Waals surface area contributed by atoms with Crippen molar-refractivity contribution >= 4 is 0 Å². The van der Waals surface area contributed by atoms with Gasteiger partial charge in [0.05, 0.1) is 19.8 Å². The summed E-state index contributed by atoms with van der Waals surface area (Å²) in [5.41, 5.74) is 1.18. The monoisotopic (exact) mass is 293 g/mol. The zero-order valence-corrected chi connectivity index (χ0v) is 13.9. The predicted molar refractivity (Wildman–Crippen MR) is 89.0 cm³/mol. The van der Waals surface area contributed by atoms with E-state index in [0.29, 0.717) is 6.61 Å². The average Bonchev–Trinajstić information content (AvgIpc) is 2.53. The summed E-state index contributed by atoms with van der Waals surface area (Å²) >= 11 is 0. The number of para-hydroxylation sites is 1. The van der Waals surface area contributed by atoms with Gasteiger partial charge in [-0.15, -0.1) is 0 Å². The van der Waals surface area contributed by atoms with Gasteiger partial charge in [0, 0.05) is 12.2 Å². The molecule has 0 fully saturated rings. The maximum atomic E-state index is 5.88. The third-order valence-corrected chi connectivity index (χ3v) is 3.58. The molecule has 1 N–H and O–H groups in total. The molecule has 0 bridgehead atoms. The van der Waals surface area contributed by atoms with Gasteiger partial charge in [-0.2, -0.15) is 0 Å². The molecule has 0 aliphatic rings. The highest BCUT2D eigenvalue weighted by Gasteiger charge is 2.15. The Bertz CT molecular complexity index is 368. The maximum absolute atomic E-state index is 5.88. The molecule has 1 aromatic carbocycles. The van der Waals surface area contributed by atoms with Gasteiger partial charge in [-0.25, -0.2) is 0 Å². The summed E-state index contributed by atoms with van der Waals surface area (Å²) in [6.07, 6.45) is 6.09. The van der Waals surface area contributed by atoms with Gasteiger partial charge in [0.1, 0.15) is 5.75 Å². The lowest BCUT2D eigenvalue weighted by molar-refractivity contribution is 0.107. The number of methoxy groups -OCH3 is 1. The lowest BCUT2D eigenvalue weighted by Crippen LogP contribution is -2.27. The van der Waals surface area contributed by atoms with Gasteiger partial charge in [-0.3, -0.25) is 0 Å². The van der Waals surface area contributed by atoms with Crippen molar-refractivity contribution in [3.63, 3.8) is 0 Å². The van der Waals surface area contributed by atoms with E-state index in [1.165, 1.54) is 24.8 Å². The molecule has 3 nitrogen and oxygen atoms in total. The first-order chi connectivity index (χ1) is 10.3. The van der Waals surface area contributed by atoms with Crippen LogP contribution in [0.15, 0.2) is 24.3 Å². The van der Waals surface area contributed by atoms with Crippen LogP contribution in [-0.2, 0) is 4.74 Å². The molecule has 0 spiro atoms. The molecule has 21 heavy (non-hydrogen) atoms. The highest BCUT2D eigenvalue weighted by Crippen LogP contribution is 2.25. The van der Waals surface area contributed by atoms with Crippen molar-refractivity contribution in [2.45, 2.75) is 52.0 Å². The first-order valence-electron chi connectivity index (χ1n) is 8.27. The molecule has 0 saturated carbocycles. The molecule has 1 unspecified atom stereocenters. The Labute approximate surface area is 130 Å². The van der Waals surface area contributed by atoms with Crippen LogP contribution in [0.2, 0.25) is 0 Å². The van der Waals surface area contributed by atoms with E-state index in [-0.39, 0.29) is 6.04 Å². The molecule has 0 amide bonds. The van der Waals surface area contributed by atoms with Crippen molar-refractivity contribution in [2.24, 2.45) is 0 Å². The summed E-state index contributed by atoms with van der Waals surface area (Å²) in [7, 11) is 1.72. The first-order valence-corrected chi connectivity index (χ1v) is 8.27. The molecule has 0 heterocycles. The van der Waals surface area contributed by atoms with Crippen LogP contribution in [0.3, 0.4) is 0 Å². The zero-order valence-electron chi connectivity index (χ0n) is 13.9. The molecule has 1 rings (SSSR count). The van der Waals surface area contributed by atoms with E-state index in [2.05, 4.69) is 31.3 Å². The quantitative estimate of drug-likeness (QED) is 0.582. The number of unbranched alkanes of at least 4 members (excludes halogenated alkanes) is 3. The second-order valence-electron chi connectivity index (χ2n) is 5.38. The molecule has 1 aromatic rings. The molecule has 120 valence electrons. The molecular formula is C18H31NO2. The third kappa shape index (κ3) is 6.96. The Hall–Kier alpha value is -1.06. The van der Waals surface area contributed by atoms with Crippen LogP contribution in [0.25, 0.3) is 0 Å². The Kier molecular flexibility index (Phi) is 9.92. The highest BCUT2D eigenvalue weighted by atomic mass is 16.5. The van der Waals surface area contributed by atoms with Crippen molar-refractivity contribution < 1.29 is 9.47 Å². The van der Waals surface area contributed by atoms with Crippen LogP contribution in [0.4, 0.5) is 0 Å². The minimum Gasteiger partial charge on any atom is -0.496 e. The van der Waals surface area contributed by atoms with Crippen LogP contribution in [0.1, 0.15) is 57.6 Å². The zero-order chi connectivity index (χ0) is 15.3. The summed E-state index contributed by atoms with van der Waals surface area (Å²) in [5.74, 6) is 0.931. The number of hydrogen-bond acceptors (Lipinski definition) is 3. The molecule has 3 heteroatoms. The maximum Gasteiger partial charge on any atom is 0.123 e. The third-order valence-electron chi connectivity index (χ3n) is 3.58. The molecule has 0 aliphatic heterocycles. The Morgan fingerprint density at radius 2 is 1.86 bits per heavy atom. The van der Waals surface area contributed by atoms with E-state index in [4.69, 9.17) is 9.47 Å². The van der Waals surface area contributed by atoms with Gasteiger partial charge >= 0.3 is 0 Å². The average molecular weight is 293 g/mol. The molecule has 0 saturated heterocycles. The van der Waals surface area contributed by atoms with Gasteiger partial charge in [-0.1, -0.05) is 51.3 Å². The molecule has 1 atom stereocenters. The van der Waals surface area contributed by atoms with E-state index >= 15 is 0 Å². The van der Waals surface area contributed by atoms with Crippen LogP contribution in [0.5, 0.6) is 5.75 Å². The van der Waals surface area contributed by atoms with Gasteiger partial charge in [0.25, 0.3) is 0 Å². The molecule has 0 aromatic heterocycles. The summed E-state index contributed by atoms with van der Waals surface area (Å²) in [5, 5.41) is 3.56. The topological polar surface area (TPSA) is 30.5 Å². The van der Waals surface area contributed by atoms with E-state index in [0.717, 1.165) is 31.7 Å². The molecule has 0 radical (unpaired) electrons. The number of nitrogens with one attached hydrogen (secondary N) is 1. The second kappa shape index (κ2) is 11.6. The molecular weight excluding hydrogens is 262 g/mol. The van der Waals surface area contributed by atoms with Crippen molar-refractivity contribution in [3.8, 4) is 5.75 Å². The van der Waals surface area contributed by atoms with Crippen molar-refractivity contribution in [1.82, 2.24) is 5.32 Å². The minimum atomic E-state index is 0.201.